The van der Waals surface area contributed by atoms with Crippen molar-refractivity contribution in [2.75, 3.05) is 7.11 Å². The minimum atomic E-state index is -3.72. The van der Waals surface area contributed by atoms with Gasteiger partial charge in [-0.2, -0.15) is 0 Å². The van der Waals surface area contributed by atoms with Crippen molar-refractivity contribution in [1.29, 1.82) is 0 Å². The van der Waals surface area contributed by atoms with Crippen molar-refractivity contribution in [1.82, 2.24) is 0 Å². The first-order valence-corrected chi connectivity index (χ1v) is 8.54. The van der Waals surface area contributed by atoms with Crippen molar-refractivity contribution in [2.45, 2.75) is 49.3 Å². The van der Waals surface area contributed by atoms with Crippen LogP contribution in [0.25, 0.3) is 0 Å². The summed E-state index contributed by atoms with van der Waals surface area (Å²) in [4.78, 5) is 0.0541. The van der Waals surface area contributed by atoms with Crippen LogP contribution < -0.4 is 15.6 Å². The number of benzene rings is 1. The van der Waals surface area contributed by atoms with E-state index >= 15 is 0 Å². The minimum Gasteiger partial charge on any atom is -0.490 e. The zero-order valence-electron chi connectivity index (χ0n) is 12.1. The van der Waals surface area contributed by atoms with Crippen LogP contribution in [0.2, 0.25) is 0 Å². The van der Waals surface area contributed by atoms with E-state index in [1.54, 1.807) is 13.2 Å². The normalized spacial score (nSPS) is 23.0. The number of rotatable bonds is 5. The van der Waals surface area contributed by atoms with Crippen molar-refractivity contribution in [3.8, 4) is 5.75 Å². The van der Waals surface area contributed by atoms with E-state index in [1.807, 2.05) is 0 Å². The average Bonchev–Trinajstić information content (AvgIpc) is 2.47. The van der Waals surface area contributed by atoms with Gasteiger partial charge >= 0.3 is 0 Å². The predicted octanol–water partition coefficient (Wildman–Crippen LogP) is 1.13. The van der Waals surface area contributed by atoms with Crippen LogP contribution in [0.15, 0.2) is 23.1 Å². The van der Waals surface area contributed by atoms with Gasteiger partial charge in [0, 0.05) is 19.2 Å². The van der Waals surface area contributed by atoms with Crippen LogP contribution in [0.3, 0.4) is 0 Å². The van der Waals surface area contributed by atoms with Gasteiger partial charge in [0.1, 0.15) is 5.75 Å². The fourth-order valence-electron chi connectivity index (χ4n) is 2.57. The fourth-order valence-corrected chi connectivity index (χ4v) is 3.14. The van der Waals surface area contributed by atoms with E-state index in [0.29, 0.717) is 17.4 Å². The summed E-state index contributed by atoms with van der Waals surface area (Å²) in [7, 11) is -2.00. The molecular formula is C14H22N2O4S. The number of hydrogen-bond donors (Lipinski definition) is 2. The molecule has 4 N–H and O–H groups in total. The lowest BCUT2D eigenvalue weighted by Crippen LogP contribution is -2.28. The van der Waals surface area contributed by atoms with Crippen LogP contribution in [0.5, 0.6) is 5.75 Å². The van der Waals surface area contributed by atoms with E-state index in [0.717, 1.165) is 25.7 Å². The molecule has 0 atom stereocenters. The Morgan fingerprint density at radius 2 is 1.81 bits per heavy atom. The quantitative estimate of drug-likeness (QED) is 0.847. The summed E-state index contributed by atoms with van der Waals surface area (Å²) in [5, 5.41) is 5.12. The molecule has 1 fully saturated rings. The van der Waals surface area contributed by atoms with Gasteiger partial charge in [-0.1, -0.05) is 0 Å². The molecule has 1 saturated carbocycles. The summed E-state index contributed by atoms with van der Waals surface area (Å²) < 4.78 is 34.0. The monoisotopic (exact) mass is 314 g/mol. The second-order valence-electron chi connectivity index (χ2n) is 5.27. The van der Waals surface area contributed by atoms with Crippen LogP contribution in [-0.4, -0.2) is 27.7 Å². The van der Waals surface area contributed by atoms with Gasteiger partial charge in [0.05, 0.1) is 17.1 Å². The lowest BCUT2D eigenvalue weighted by Gasteiger charge is -2.28. The molecule has 2 rings (SSSR count). The van der Waals surface area contributed by atoms with Crippen molar-refractivity contribution in [2.24, 2.45) is 10.9 Å². The molecule has 0 radical (unpaired) electrons. The molecule has 21 heavy (non-hydrogen) atoms. The Kier molecular flexibility index (Phi) is 5.21. The van der Waals surface area contributed by atoms with Crippen LogP contribution >= 0.6 is 0 Å². The maximum atomic E-state index is 11.4. The zero-order valence-corrected chi connectivity index (χ0v) is 12.9. The molecule has 1 aromatic carbocycles. The molecule has 1 aliphatic rings. The Balaban J connectivity index is 2.10. The summed E-state index contributed by atoms with van der Waals surface area (Å²) in [5.74, 6) is 0.630. The van der Waals surface area contributed by atoms with E-state index in [-0.39, 0.29) is 17.5 Å². The Labute approximate surface area is 125 Å². The van der Waals surface area contributed by atoms with E-state index in [9.17, 15) is 8.42 Å². The highest BCUT2D eigenvalue weighted by atomic mass is 32.2. The van der Waals surface area contributed by atoms with E-state index in [2.05, 4.69) is 0 Å². The van der Waals surface area contributed by atoms with Crippen molar-refractivity contribution in [3.63, 3.8) is 0 Å². The Morgan fingerprint density at radius 3 is 2.33 bits per heavy atom. The second kappa shape index (κ2) is 6.74. The van der Waals surface area contributed by atoms with Crippen molar-refractivity contribution < 1.29 is 17.9 Å². The third kappa shape index (κ3) is 4.16. The third-order valence-electron chi connectivity index (χ3n) is 3.83. The van der Waals surface area contributed by atoms with E-state index in [4.69, 9.17) is 20.3 Å². The van der Waals surface area contributed by atoms with Gasteiger partial charge in [-0.25, -0.2) is 13.6 Å². The first-order chi connectivity index (χ1) is 9.94. The minimum absolute atomic E-state index is 0.0541. The standard InChI is InChI=1S/C14H22N2O4S/c1-19-11-2-4-12(5-3-11)20-14-7-6-13(21(16,17)18)8-10(14)9-15/h6-8,11-12H,2-5,9,15H2,1H3,(H2,16,17,18). The van der Waals surface area contributed by atoms with Crippen LogP contribution in [0, 0.1) is 0 Å². The van der Waals surface area contributed by atoms with Gasteiger partial charge in [0.25, 0.3) is 0 Å². The highest BCUT2D eigenvalue weighted by Crippen LogP contribution is 2.28. The molecule has 0 bridgehead atoms. The third-order valence-corrected chi connectivity index (χ3v) is 4.74. The molecule has 0 heterocycles. The van der Waals surface area contributed by atoms with Crippen LogP contribution in [-0.2, 0) is 21.3 Å². The summed E-state index contributed by atoms with van der Waals surface area (Å²) in [6, 6.07) is 4.56. The fraction of sp³-hybridized carbons (Fsp3) is 0.571. The highest BCUT2D eigenvalue weighted by molar-refractivity contribution is 7.89. The van der Waals surface area contributed by atoms with Crippen LogP contribution in [0.4, 0.5) is 0 Å². The molecule has 1 aliphatic carbocycles. The van der Waals surface area contributed by atoms with Gasteiger partial charge < -0.3 is 15.2 Å². The maximum Gasteiger partial charge on any atom is 0.238 e. The summed E-state index contributed by atoms with van der Waals surface area (Å²) >= 11 is 0. The number of nitrogens with two attached hydrogens (primary N) is 2. The molecule has 6 nitrogen and oxygen atoms in total. The van der Waals surface area contributed by atoms with Gasteiger partial charge in [0.15, 0.2) is 0 Å². The highest BCUT2D eigenvalue weighted by Gasteiger charge is 2.23. The SMILES string of the molecule is COC1CCC(Oc2ccc(S(N)(=O)=O)cc2CN)CC1. The molecule has 0 spiro atoms. The Morgan fingerprint density at radius 1 is 1.19 bits per heavy atom. The molecule has 1 aromatic rings. The smallest absolute Gasteiger partial charge is 0.238 e. The van der Waals surface area contributed by atoms with Gasteiger partial charge in [-0.3, -0.25) is 0 Å². The van der Waals surface area contributed by atoms with Gasteiger partial charge in [-0.15, -0.1) is 0 Å². The number of hydrogen-bond acceptors (Lipinski definition) is 5. The summed E-state index contributed by atoms with van der Waals surface area (Å²) in [5.41, 5.74) is 6.32. The van der Waals surface area contributed by atoms with Crippen molar-refractivity contribution in [3.05, 3.63) is 23.8 Å². The van der Waals surface area contributed by atoms with E-state index in [1.165, 1.54) is 12.1 Å². The van der Waals surface area contributed by atoms with Crippen LogP contribution in [0.1, 0.15) is 31.2 Å². The molecule has 0 aromatic heterocycles. The van der Waals surface area contributed by atoms with Gasteiger partial charge in [0.2, 0.25) is 10.0 Å². The predicted molar refractivity (Wildman–Crippen MR) is 79.4 cm³/mol. The van der Waals surface area contributed by atoms with E-state index < -0.39 is 10.0 Å². The molecule has 7 heteroatoms. The molecule has 118 valence electrons. The van der Waals surface area contributed by atoms with Gasteiger partial charge in [-0.05, 0) is 43.9 Å². The number of ether oxygens (including phenoxy) is 2. The maximum absolute atomic E-state index is 11.4. The molecule has 0 amide bonds. The lowest BCUT2D eigenvalue weighted by atomic mass is 9.95. The first-order valence-electron chi connectivity index (χ1n) is 6.99. The summed E-state index contributed by atoms with van der Waals surface area (Å²) in [6.45, 7) is 0.201. The topological polar surface area (TPSA) is 105 Å². The second-order valence-corrected chi connectivity index (χ2v) is 6.83. The Bertz CT molecular complexity index is 581. The molecule has 0 unspecified atom stereocenters. The number of sulfonamides is 1. The largest absolute Gasteiger partial charge is 0.490 e. The average molecular weight is 314 g/mol. The Hall–Kier alpha value is -1.15. The first kappa shape index (κ1) is 16.2. The molecular weight excluding hydrogens is 292 g/mol. The number of methoxy groups -OCH3 is 1. The zero-order chi connectivity index (χ0) is 15.5. The lowest BCUT2D eigenvalue weighted by molar-refractivity contribution is 0.0325. The van der Waals surface area contributed by atoms with Crippen molar-refractivity contribution >= 4 is 10.0 Å². The molecule has 0 saturated heterocycles. The summed E-state index contributed by atoms with van der Waals surface area (Å²) in [6.07, 6.45) is 4.19. The number of primary sulfonamides is 1. The molecule has 0 aliphatic heterocycles.